The molecule has 114 valence electrons. The highest BCUT2D eigenvalue weighted by Gasteiger charge is 2.07. The Morgan fingerprint density at radius 1 is 1.10 bits per heavy atom. The van der Waals surface area contributed by atoms with Crippen LogP contribution in [0, 0.1) is 0 Å². The third-order valence-electron chi connectivity index (χ3n) is 4.31. The largest absolute Gasteiger partial charge is 0.497 e. The maximum absolute atomic E-state index is 5.20. The summed E-state index contributed by atoms with van der Waals surface area (Å²) in [4.78, 5) is 2.27. The molecule has 2 nitrogen and oxygen atoms in total. The smallest absolute Gasteiger partial charge is 0.119 e. The van der Waals surface area contributed by atoms with Crippen molar-refractivity contribution in [2.45, 2.75) is 45.1 Å². The van der Waals surface area contributed by atoms with Crippen LogP contribution in [0.4, 0.5) is 5.69 Å². The van der Waals surface area contributed by atoms with Crippen molar-refractivity contribution in [1.82, 2.24) is 0 Å². The second kappa shape index (κ2) is 7.92. The molecule has 1 aliphatic carbocycles. The average Bonchev–Trinajstić information content (AvgIpc) is 2.55. The zero-order valence-corrected chi connectivity index (χ0v) is 13.5. The molecule has 1 saturated carbocycles. The van der Waals surface area contributed by atoms with E-state index in [0.717, 1.165) is 5.75 Å². The second-order valence-corrected chi connectivity index (χ2v) is 5.82. The number of ether oxygens (including phenoxy) is 1. The lowest BCUT2D eigenvalue weighted by Gasteiger charge is -2.24. The molecular weight excluding hydrogens is 258 g/mol. The van der Waals surface area contributed by atoms with Crippen LogP contribution in [0.25, 0.3) is 0 Å². The van der Waals surface area contributed by atoms with Crippen molar-refractivity contribution in [2.75, 3.05) is 19.1 Å². The average molecular weight is 285 g/mol. The van der Waals surface area contributed by atoms with E-state index in [4.69, 9.17) is 4.74 Å². The Labute approximate surface area is 129 Å². The number of anilines is 1. The number of hydrogen-bond acceptors (Lipinski definition) is 2. The maximum Gasteiger partial charge on any atom is 0.119 e. The number of likely N-dealkylation sites (N-methyl/N-ethyl adjacent to an activating group) is 1. The van der Waals surface area contributed by atoms with Gasteiger partial charge in [-0.1, -0.05) is 30.2 Å². The Bertz CT molecular complexity index is 479. The molecule has 1 aromatic rings. The Balaban J connectivity index is 1.93. The molecule has 0 heterocycles. The fourth-order valence-electron chi connectivity index (χ4n) is 2.71. The lowest BCUT2D eigenvalue weighted by molar-refractivity contribution is 0.415. The van der Waals surface area contributed by atoms with Gasteiger partial charge in [0.05, 0.1) is 7.11 Å². The van der Waals surface area contributed by atoms with Crippen molar-refractivity contribution >= 4 is 5.69 Å². The van der Waals surface area contributed by atoms with Crippen molar-refractivity contribution in [3.05, 3.63) is 48.1 Å². The number of hydrogen-bond donors (Lipinski definition) is 0. The predicted molar refractivity (Wildman–Crippen MR) is 91.2 cm³/mol. The van der Waals surface area contributed by atoms with Gasteiger partial charge in [0.1, 0.15) is 5.75 Å². The van der Waals surface area contributed by atoms with Crippen LogP contribution in [0.3, 0.4) is 0 Å². The van der Waals surface area contributed by atoms with Crippen LogP contribution in [0.1, 0.15) is 39.0 Å². The minimum atomic E-state index is 0.374. The van der Waals surface area contributed by atoms with E-state index in [1.165, 1.54) is 37.8 Å². The van der Waals surface area contributed by atoms with Crippen LogP contribution < -0.4 is 9.64 Å². The van der Waals surface area contributed by atoms with Crippen LogP contribution in [0.15, 0.2) is 48.1 Å². The number of rotatable bonds is 5. The van der Waals surface area contributed by atoms with Crippen molar-refractivity contribution < 1.29 is 4.74 Å². The highest BCUT2D eigenvalue weighted by molar-refractivity contribution is 5.50. The zero-order valence-electron chi connectivity index (χ0n) is 13.5. The summed E-state index contributed by atoms with van der Waals surface area (Å²) in [7, 11) is 3.83. The van der Waals surface area contributed by atoms with Crippen molar-refractivity contribution in [3.8, 4) is 5.75 Å². The van der Waals surface area contributed by atoms with Crippen LogP contribution in [-0.2, 0) is 0 Å². The molecule has 2 rings (SSSR count). The summed E-state index contributed by atoms with van der Waals surface area (Å²) in [6.45, 7) is 2.22. The van der Waals surface area contributed by atoms with Gasteiger partial charge < -0.3 is 9.64 Å². The van der Waals surface area contributed by atoms with Crippen LogP contribution in [0.2, 0.25) is 0 Å². The predicted octanol–water partition coefficient (Wildman–Crippen LogP) is 4.97. The van der Waals surface area contributed by atoms with E-state index < -0.39 is 0 Å². The third kappa shape index (κ3) is 4.66. The van der Waals surface area contributed by atoms with Gasteiger partial charge in [-0.3, -0.25) is 0 Å². The quantitative estimate of drug-likeness (QED) is 0.757. The summed E-state index contributed by atoms with van der Waals surface area (Å²) in [5, 5.41) is 0. The van der Waals surface area contributed by atoms with E-state index in [1.807, 2.05) is 12.1 Å². The van der Waals surface area contributed by atoms with Gasteiger partial charge in [-0.15, -0.1) is 0 Å². The fraction of sp³-hybridized carbons (Fsp3) is 0.474. The van der Waals surface area contributed by atoms with Gasteiger partial charge in [0.2, 0.25) is 0 Å². The van der Waals surface area contributed by atoms with E-state index >= 15 is 0 Å². The van der Waals surface area contributed by atoms with Crippen LogP contribution >= 0.6 is 0 Å². The van der Waals surface area contributed by atoms with Crippen molar-refractivity contribution in [2.24, 2.45) is 0 Å². The molecule has 1 unspecified atom stereocenters. The molecule has 21 heavy (non-hydrogen) atoms. The van der Waals surface area contributed by atoms with Gasteiger partial charge in [0.15, 0.2) is 0 Å². The van der Waals surface area contributed by atoms with Crippen molar-refractivity contribution in [3.63, 3.8) is 0 Å². The number of allylic oxidation sites excluding steroid dienone is 3. The Morgan fingerprint density at radius 3 is 2.38 bits per heavy atom. The van der Waals surface area contributed by atoms with E-state index in [9.17, 15) is 0 Å². The first-order valence-corrected chi connectivity index (χ1v) is 7.94. The van der Waals surface area contributed by atoms with Crippen LogP contribution in [0.5, 0.6) is 5.75 Å². The molecule has 1 fully saturated rings. The molecular formula is C19H27NO. The topological polar surface area (TPSA) is 12.5 Å². The highest BCUT2D eigenvalue weighted by Crippen LogP contribution is 2.23. The molecule has 0 aliphatic heterocycles. The van der Waals surface area contributed by atoms with E-state index in [0.29, 0.717) is 6.04 Å². The molecule has 0 spiro atoms. The van der Waals surface area contributed by atoms with E-state index in [1.54, 1.807) is 12.7 Å². The third-order valence-corrected chi connectivity index (χ3v) is 4.31. The summed E-state index contributed by atoms with van der Waals surface area (Å²) in [6.07, 6.45) is 13.5. The molecule has 2 heteroatoms. The monoisotopic (exact) mass is 285 g/mol. The summed E-state index contributed by atoms with van der Waals surface area (Å²) in [5.41, 5.74) is 2.81. The van der Waals surface area contributed by atoms with Gasteiger partial charge >= 0.3 is 0 Å². The Morgan fingerprint density at radius 2 is 1.76 bits per heavy atom. The van der Waals surface area contributed by atoms with Crippen molar-refractivity contribution in [1.29, 1.82) is 0 Å². The first kappa shape index (κ1) is 15.7. The summed E-state index contributed by atoms with van der Waals surface area (Å²) in [6, 6.07) is 8.59. The van der Waals surface area contributed by atoms with E-state index in [2.05, 4.69) is 49.2 Å². The fourth-order valence-corrected chi connectivity index (χ4v) is 2.71. The van der Waals surface area contributed by atoms with Gasteiger partial charge in [0.25, 0.3) is 0 Å². The van der Waals surface area contributed by atoms with Gasteiger partial charge in [-0.2, -0.15) is 0 Å². The van der Waals surface area contributed by atoms with E-state index in [-0.39, 0.29) is 0 Å². The summed E-state index contributed by atoms with van der Waals surface area (Å²) < 4.78 is 5.20. The number of benzene rings is 1. The standard InChI is InChI=1S/C19H27NO/c1-16(8-7-11-17-9-5-4-6-10-17)20(2)18-12-14-19(21-3)15-13-18/h7-8,11-16H,4-6,9-10H2,1-3H3/b8-7-. The first-order chi connectivity index (χ1) is 10.2. The normalized spacial score (nSPS) is 16.8. The molecule has 0 aromatic heterocycles. The molecule has 1 atom stereocenters. The molecule has 0 bridgehead atoms. The highest BCUT2D eigenvalue weighted by atomic mass is 16.5. The number of methoxy groups -OCH3 is 1. The minimum absolute atomic E-state index is 0.374. The maximum atomic E-state index is 5.20. The van der Waals surface area contributed by atoms with Gasteiger partial charge in [-0.05, 0) is 56.9 Å². The molecule has 1 aliphatic rings. The number of nitrogens with zero attached hydrogens (tertiary/aromatic N) is 1. The lowest BCUT2D eigenvalue weighted by atomic mass is 9.94. The second-order valence-electron chi connectivity index (χ2n) is 5.82. The molecule has 0 N–H and O–H groups in total. The van der Waals surface area contributed by atoms with Gasteiger partial charge in [-0.25, -0.2) is 0 Å². The lowest BCUT2D eigenvalue weighted by Crippen LogP contribution is -2.26. The Hall–Kier alpha value is -1.70. The van der Waals surface area contributed by atoms with Gasteiger partial charge in [0, 0.05) is 18.8 Å². The minimum Gasteiger partial charge on any atom is -0.497 e. The molecule has 0 amide bonds. The molecule has 0 radical (unpaired) electrons. The summed E-state index contributed by atoms with van der Waals surface area (Å²) >= 11 is 0. The SMILES string of the molecule is COc1ccc(N(C)C(C)/C=C\C=C2CCCCC2)cc1. The van der Waals surface area contributed by atoms with Crippen LogP contribution in [-0.4, -0.2) is 20.2 Å². The molecule has 1 aromatic carbocycles. The zero-order chi connectivity index (χ0) is 15.1. The summed E-state index contributed by atoms with van der Waals surface area (Å²) in [5.74, 6) is 0.900. The molecule has 0 saturated heterocycles. The first-order valence-electron chi connectivity index (χ1n) is 7.94. The Kier molecular flexibility index (Phi) is 5.91.